The van der Waals surface area contributed by atoms with Gasteiger partial charge < -0.3 is 9.64 Å². The van der Waals surface area contributed by atoms with E-state index in [9.17, 15) is 9.59 Å². The van der Waals surface area contributed by atoms with Gasteiger partial charge in [-0.25, -0.2) is 4.90 Å². The molecule has 0 fully saturated rings. The molecule has 0 aliphatic carbocycles. The quantitative estimate of drug-likeness (QED) is 0.459. The number of rotatable bonds is 6. The Morgan fingerprint density at radius 2 is 1.64 bits per heavy atom. The van der Waals surface area contributed by atoms with Crippen LogP contribution in [0.5, 0.6) is 5.75 Å². The lowest BCUT2D eigenvalue weighted by Gasteiger charge is -2.22. The number of halogens is 1. The minimum absolute atomic E-state index is 0.333. The second-order valence-corrected chi connectivity index (χ2v) is 8.49. The molecule has 166 valence electrons. The van der Waals surface area contributed by atoms with Crippen molar-refractivity contribution in [2.24, 2.45) is 0 Å². The molecule has 2 amide bonds. The van der Waals surface area contributed by atoms with E-state index in [1.807, 2.05) is 54.3 Å². The highest BCUT2D eigenvalue weighted by molar-refractivity contribution is 6.46. The molecule has 3 aromatic rings. The minimum Gasteiger partial charge on any atom is -0.494 e. The van der Waals surface area contributed by atoms with E-state index in [2.05, 4.69) is 6.07 Å². The molecule has 0 radical (unpaired) electrons. The van der Waals surface area contributed by atoms with Crippen molar-refractivity contribution >= 4 is 40.4 Å². The molecule has 0 spiro atoms. The first-order valence-electron chi connectivity index (χ1n) is 11.1. The molecule has 5 nitrogen and oxygen atoms in total. The zero-order valence-electron chi connectivity index (χ0n) is 18.3. The molecule has 0 N–H and O–H groups in total. The van der Waals surface area contributed by atoms with Crippen LogP contribution in [0, 0.1) is 0 Å². The van der Waals surface area contributed by atoms with Crippen LogP contribution >= 0.6 is 11.6 Å². The van der Waals surface area contributed by atoms with Crippen LogP contribution in [-0.4, -0.2) is 25.0 Å². The number of hydrogen-bond acceptors (Lipinski definition) is 4. The lowest BCUT2D eigenvalue weighted by atomic mass is 10.0. The normalized spacial score (nSPS) is 15.5. The van der Waals surface area contributed by atoms with Crippen LogP contribution in [0.3, 0.4) is 0 Å². The summed E-state index contributed by atoms with van der Waals surface area (Å²) < 4.78 is 5.69. The molecule has 0 atom stereocenters. The summed E-state index contributed by atoms with van der Waals surface area (Å²) in [5.41, 5.74) is 4.12. The van der Waals surface area contributed by atoms with Gasteiger partial charge in [0.15, 0.2) is 0 Å². The second-order valence-electron chi connectivity index (χ2n) is 8.05. The molecule has 2 heterocycles. The third-order valence-electron chi connectivity index (χ3n) is 5.92. The Morgan fingerprint density at radius 1 is 0.909 bits per heavy atom. The maximum absolute atomic E-state index is 13.7. The number of para-hydroxylation sites is 1. The number of imide groups is 1. The molecule has 0 unspecified atom stereocenters. The van der Waals surface area contributed by atoms with Crippen molar-refractivity contribution in [1.29, 1.82) is 0 Å². The van der Waals surface area contributed by atoms with E-state index in [0.717, 1.165) is 29.8 Å². The van der Waals surface area contributed by atoms with Crippen molar-refractivity contribution in [3.8, 4) is 5.75 Å². The standard InChI is InChI=1S/C27H23ClN2O3/c1-2-17-33-22-13-7-19(8-14-22)24-25(29-16-15-18-5-3-4-6-23(18)29)27(32)30(26(24)31)21-11-9-20(28)10-12-21/h3-14H,2,15-17H2,1H3. The van der Waals surface area contributed by atoms with Crippen molar-refractivity contribution in [3.05, 3.63) is 94.6 Å². The Hall–Kier alpha value is -3.57. The maximum Gasteiger partial charge on any atom is 0.282 e. The summed E-state index contributed by atoms with van der Waals surface area (Å²) in [6.07, 6.45) is 1.73. The van der Waals surface area contributed by atoms with Crippen molar-refractivity contribution in [3.63, 3.8) is 0 Å². The molecule has 3 aromatic carbocycles. The van der Waals surface area contributed by atoms with Gasteiger partial charge in [-0.2, -0.15) is 0 Å². The van der Waals surface area contributed by atoms with Gasteiger partial charge in [-0.05, 0) is 66.4 Å². The highest BCUT2D eigenvalue weighted by atomic mass is 35.5. The maximum atomic E-state index is 13.7. The van der Waals surface area contributed by atoms with Crippen LogP contribution < -0.4 is 14.5 Å². The summed E-state index contributed by atoms with van der Waals surface area (Å²) in [5.74, 6) is 0.0601. The van der Waals surface area contributed by atoms with Crippen LogP contribution in [0.1, 0.15) is 24.5 Å². The lowest BCUT2D eigenvalue weighted by Crippen LogP contribution is -2.34. The zero-order valence-corrected chi connectivity index (χ0v) is 19.0. The van der Waals surface area contributed by atoms with Crippen molar-refractivity contribution in [1.82, 2.24) is 0 Å². The molecule has 33 heavy (non-hydrogen) atoms. The number of carbonyl (C=O) groups excluding carboxylic acids is 2. The average Bonchev–Trinajstić information content (AvgIpc) is 3.37. The van der Waals surface area contributed by atoms with Gasteiger partial charge in [0, 0.05) is 17.3 Å². The molecule has 0 saturated heterocycles. The molecule has 2 aliphatic heterocycles. The van der Waals surface area contributed by atoms with Crippen molar-refractivity contribution < 1.29 is 14.3 Å². The topological polar surface area (TPSA) is 49.9 Å². The third kappa shape index (κ3) is 3.79. The number of carbonyl (C=O) groups is 2. The fourth-order valence-electron chi connectivity index (χ4n) is 4.36. The monoisotopic (exact) mass is 458 g/mol. The Morgan fingerprint density at radius 3 is 2.36 bits per heavy atom. The van der Waals surface area contributed by atoms with Crippen molar-refractivity contribution in [2.75, 3.05) is 23.0 Å². The van der Waals surface area contributed by atoms with E-state index >= 15 is 0 Å². The van der Waals surface area contributed by atoms with E-state index in [1.165, 1.54) is 4.90 Å². The summed E-state index contributed by atoms with van der Waals surface area (Å²) in [6, 6.07) is 22.1. The molecule has 0 bridgehead atoms. The molecular weight excluding hydrogens is 436 g/mol. The Kier molecular flexibility index (Phi) is 5.65. The summed E-state index contributed by atoms with van der Waals surface area (Å²) >= 11 is 6.04. The largest absolute Gasteiger partial charge is 0.494 e. The number of anilines is 2. The number of benzene rings is 3. The first-order chi connectivity index (χ1) is 16.1. The van der Waals surface area contributed by atoms with Crippen LogP contribution in [-0.2, 0) is 16.0 Å². The predicted octanol–water partition coefficient (Wildman–Crippen LogP) is 5.48. The van der Waals surface area contributed by atoms with Crippen LogP contribution in [0.15, 0.2) is 78.5 Å². The van der Waals surface area contributed by atoms with Gasteiger partial charge in [-0.1, -0.05) is 48.9 Å². The fourth-order valence-corrected chi connectivity index (χ4v) is 4.49. The van der Waals surface area contributed by atoms with Gasteiger partial charge >= 0.3 is 0 Å². The fraction of sp³-hybridized carbons (Fsp3) is 0.185. The van der Waals surface area contributed by atoms with E-state index in [-0.39, 0.29) is 11.8 Å². The first kappa shape index (κ1) is 21.3. The minimum atomic E-state index is -0.344. The number of fused-ring (bicyclic) bond motifs is 1. The van der Waals surface area contributed by atoms with Gasteiger partial charge in [0.1, 0.15) is 11.4 Å². The first-order valence-corrected chi connectivity index (χ1v) is 11.4. The van der Waals surface area contributed by atoms with Gasteiger partial charge in [0.05, 0.1) is 17.9 Å². The van der Waals surface area contributed by atoms with E-state index in [1.54, 1.807) is 24.3 Å². The summed E-state index contributed by atoms with van der Waals surface area (Å²) in [7, 11) is 0. The van der Waals surface area contributed by atoms with Crippen LogP contribution in [0.4, 0.5) is 11.4 Å². The van der Waals surface area contributed by atoms with Gasteiger partial charge in [0.25, 0.3) is 11.8 Å². The summed E-state index contributed by atoms with van der Waals surface area (Å²) in [4.78, 5) is 30.6. The Bertz CT molecular complexity index is 1250. The van der Waals surface area contributed by atoms with Crippen LogP contribution in [0.2, 0.25) is 5.02 Å². The molecule has 6 heteroatoms. The number of hydrogen-bond donors (Lipinski definition) is 0. The SMILES string of the molecule is CCCOc1ccc(C2=C(N3CCc4ccccc43)C(=O)N(c3ccc(Cl)cc3)C2=O)cc1. The molecule has 0 saturated carbocycles. The van der Waals surface area contributed by atoms with Crippen LogP contribution in [0.25, 0.3) is 5.57 Å². The van der Waals surface area contributed by atoms with Crippen molar-refractivity contribution in [2.45, 2.75) is 19.8 Å². The molecule has 0 aromatic heterocycles. The molecular formula is C27H23ClN2O3. The Balaban J connectivity index is 1.61. The highest BCUT2D eigenvalue weighted by Gasteiger charge is 2.44. The van der Waals surface area contributed by atoms with Gasteiger partial charge in [-0.3, -0.25) is 9.59 Å². The lowest BCUT2D eigenvalue weighted by molar-refractivity contribution is -0.120. The highest BCUT2D eigenvalue weighted by Crippen LogP contribution is 2.40. The predicted molar refractivity (Wildman–Crippen MR) is 131 cm³/mol. The molecule has 5 rings (SSSR count). The van der Waals surface area contributed by atoms with E-state index in [0.29, 0.717) is 40.7 Å². The summed E-state index contributed by atoms with van der Waals surface area (Å²) in [5, 5.41) is 0.544. The smallest absolute Gasteiger partial charge is 0.282 e. The number of nitrogens with zero attached hydrogens (tertiary/aromatic N) is 2. The second kappa shape index (κ2) is 8.75. The van der Waals surface area contributed by atoms with Gasteiger partial charge in [0.2, 0.25) is 0 Å². The van der Waals surface area contributed by atoms with Gasteiger partial charge in [-0.15, -0.1) is 0 Å². The molecule has 2 aliphatic rings. The average molecular weight is 459 g/mol. The summed E-state index contributed by atoms with van der Waals surface area (Å²) in [6.45, 7) is 3.32. The number of ether oxygens (including phenoxy) is 1. The number of amides is 2. The Labute approximate surface area is 197 Å². The van der Waals surface area contributed by atoms with E-state index in [4.69, 9.17) is 16.3 Å². The van der Waals surface area contributed by atoms with E-state index < -0.39 is 0 Å². The third-order valence-corrected chi connectivity index (χ3v) is 6.17. The zero-order chi connectivity index (χ0) is 22.9.